The molecule has 0 spiro atoms. The Morgan fingerprint density at radius 2 is 2.50 bits per heavy atom. The molecule has 0 aliphatic carbocycles. The van der Waals surface area contributed by atoms with Crippen LogP contribution in [0.3, 0.4) is 0 Å². The monoisotopic (exact) mass is 219 g/mol. The van der Waals surface area contributed by atoms with E-state index < -0.39 is 5.54 Å². The van der Waals surface area contributed by atoms with Crippen LogP contribution in [0.1, 0.15) is 26.2 Å². The van der Waals surface area contributed by atoms with Crippen molar-refractivity contribution >= 4 is 11.7 Å². The SMILES string of the molecule is CCC1(C(=O)Nc2ccccn2)CCCN1. The Morgan fingerprint density at radius 3 is 3.06 bits per heavy atom. The van der Waals surface area contributed by atoms with Crippen LogP contribution in [0.4, 0.5) is 5.82 Å². The number of anilines is 1. The van der Waals surface area contributed by atoms with Gasteiger partial charge in [0.25, 0.3) is 0 Å². The summed E-state index contributed by atoms with van der Waals surface area (Å²) in [5, 5.41) is 6.16. The maximum atomic E-state index is 12.2. The third-order valence-electron chi connectivity index (χ3n) is 3.19. The number of amides is 1. The van der Waals surface area contributed by atoms with Gasteiger partial charge in [-0.1, -0.05) is 13.0 Å². The van der Waals surface area contributed by atoms with Crippen LogP contribution in [0.5, 0.6) is 0 Å². The molecule has 1 saturated heterocycles. The van der Waals surface area contributed by atoms with Gasteiger partial charge >= 0.3 is 0 Å². The molecule has 1 aromatic rings. The first kappa shape index (κ1) is 11.1. The Bertz CT molecular complexity index is 358. The molecule has 0 radical (unpaired) electrons. The summed E-state index contributed by atoms with van der Waals surface area (Å²) in [5.74, 6) is 0.653. The summed E-state index contributed by atoms with van der Waals surface area (Å²) in [4.78, 5) is 16.2. The fourth-order valence-electron chi connectivity index (χ4n) is 2.14. The molecule has 1 aliphatic heterocycles. The molecule has 4 nitrogen and oxygen atoms in total. The number of carbonyl (C=O) groups excluding carboxylic acids is 1. The molecular formula is C12H17N3O. The Labute approximate surface area is 95.5 Å². The molecule has 1 fully saturated rings. The summed E-state index contributed by atoms with van der Waals surface area (Å²) in [6.45, 7) is 2.96. The van der Waals surface area contributed by atoms with E-state index in [0.29, 0.717) is 5.82 Å². The molecule has 4 heteroatoms. The molecule has 1 aliphatic rings. The number of nitrogens with one attached hydrogen (secondary N) is 2. The number of carbonyl (C=O) groups is 1. The van der Waals surface area contributed by atoms with Crippen molar-refractivity contribution in [1.29, 1.82) is 0 Å². The highest BCUT2D eigenvalue weighted by atomic mass is 16.2. The maximum absolute atomic E-state index is 12.2. The van der Waals surface area contributed by atoms with Crippen molar-refractivity contribution in [3.05, 3.63) is 24.4 Å². The number of aromatic nitrogens is 1. The molecular weight excluding hydrogens is 202 g/mol. The predicted octanol–water partition coefficient (Wildman–Crippen LogP) is 1.55. The van der Waals surface area contributed by atoms with Crippen molar-refractivity contribution in [1.82, 2.24) is 10.3 Å². The van der Waals surface area contributed by atoms with Gasteiger partial charge in [0.15, 0.2) is 0 Å². The van der Waals surface area contributed by atoms with E-state index >= 15 is 0 Å². The molecule has 1 atom stereocenters. The lowest BCUT2D eigenvalue weighted by molar-refractivity contribution is -0.122. The van der Waals surface area contributed by atoms with E-state index in [1.54, 1.807) is 12.3 Å². The lowest BCUT2D eigenvalue weighted by atomic mass is 9.93. The van der Waals surface area contributed by atoms with Crippen molar-refractivity contribution in [2.75, 3.05) is 11.9 Å². The standard InChI is InChI=1S/C12H17N3O/c1-2-12(7-5-9-14-12)11(16)15-10-6-3-4-8-13-10/h3-4,6,8,14H,2,5,7,9H2,1H3,(H,13,15,16). The number of rotatable bonds is 3. The Balaban J connectivity index is 2.07. The smallest absolute Gasteiger partial charge is 0.245 e. The lowest BCUT2D eigenvalue weighted by Crippen LogP contribution is -2.50. The van der Waals surface area contributed by atoms with Crippen LogP contribution in [-0.2, 0) is 4.79 Å². The highest BCUT2D eigenvalue weighted by molar-refractivity contribution is 5.97. The molecule has 2 rings (SSSR count). The molecule has 0 bridgehead atoms. The minimum absolute atomic E-state index is 0.0335. The van der Waals surface area contributed by atoms with Gasteiger partial charge < -0.3 is 10.6 Å². The number of nitrogens with zero attached hydrogens (tertiary/aromatic N) is 1. The van der Waals surface area contributed by atoms with E-state index in [4.69, 9.17) is 0 Å². The van der Waals surface area contributed by atoms with Crippen LogP contribution in [-0.4, -0.2) is 23.0 Å². The molecule has 86 valence electrons. The van der Waals surface area contributed by atoms with Gasteiger partial charge in [0, 0.05) is 6.20 Å². The summed E-state index contributed by atoms with van der Waals surface area (Å²) in [6, 6.07) is 5.50. The molecule has 1 aromatic heterocycles. The average molecular weight is 219 g/mol. The van der Waals surface area contributed by atoms with Gasteiger partial charge in [-0.05, 0) is 37.9 Å². The molecule has 2 N–H and O–H groups in total. The fraction of sp³-hybridized carbons (Fsp3) is 0.500. The number of pyridine rings is 1. The second kappa shape index (κ2) is 4.61. The van der Waals surface area contributed by atoms with Gasteiger partial charge in [-0.25, -0.2) is 4.98 Å². The quantitative estimate of drug-likeness (QED) is 0.811. The first-order valence-electron chi connectivity index (χ1n) is 5.74. The highest BCUT2D eigenvalue weighted by Gasteiger charge is 2.39. The second-order valence-electron chi connectivity index (χ2n) is 4.14. The molecule has 0 saturated carbocycles. The lowest BCUT2D eigenvalue weighted by Gasteiger charge is -2.26. The topological polar surface area (TPSA) is 54.0 Å². The van der Waals surface area contributed by atoms with E-state index in [-0.39, 0.29) is 5.91 Å². The van der Waals surface area contributed by atoms with Crippen molar-refractivity contribution in [2.45, 2.75) is 31.7 Å². The normalized spacial score (nSPS) is 24.3. The molecule has 1 amide bonds. The van der Waals surface area contributed by atoms with E-state index in [9.17, 15) is 4.79 Å². The first-order chi connectivity index (χ1) is 7.77. The minimum Gasteiger partial charge on any atom is -0.309 e. The van der Waals surface area contributed by atoms with Crippen LogP contribution in [0.25, 0.3) is 0 Å². The fourth-order valence-corrected chi connectivity index (χ4v) is 2.14. The second-order valence-corrected chi connectivity index (χ2v) is 4.14. The largest absolute Gasteiger partial charge is 0.309 e. The van der Waals surface area contributed by atoms with Gasteiger partial charge in [-0.2, -0.15) is 0 Å². The number of hydrogen-bond donors (Lipinski definition) is 2. The summed E-state index contributed by atoms with van der Waals surface area (Å²) >= 11 is 0. The summed E-state index contributed by atoms with van der Waals surface area (Å²) < 4.78 is 0. The van der Waals surface area contributed by atoms with Gasteiger partial charge in [-0.3, -0.25) is 4.79 Å². The summed E-state index contributed by atoms with van der Waals surface area (Å²) in [7, 11) is 0. The van der Waals surface area contributed by atoms with Crippen molar-refractivity contribution in [3.8, 4) is 0 Å². The van der Waals surface area contributed by atoms with Crippen LogP contribution >= 0.6 is 0 Å². The van der Waals surface area contributed by atoms with Crippen molar-refractivity contribution in [3.63, 3.8) is 0 Å². The molecule has 0 aromatic carbocycles. The van der Waals surface area contributed by atoms with Crippen LogP contribution < -0.4 is 10.6 Å². The van der Waals surface area contributed by atoms with Crippen LogP contribution in [0, 0.1) is 0 Å². The van der Waals surface area contributed by atoms with Crippen molar-refractivity contribution in [2.24, 2.45) is 0 Å². The maximum Gasteiger partial charge on any atom is 0.245 e. The van der Waals surface area contributed by atoms with E-state index in [1.807, 2.05) is 19.1 Å². The zero-order chi connectivity index (χ0) is 11.4. The van der Waals surface area contributed by atoms with Gasteiger partial charge in [-0.15, -0.1) is 0 Å². The highest BCUT2D eigenvalue weighted by Crippen LogP contribution is 2.24. The van der Waals surface area contributed by atoms with Crippen LogP contribution in [0.15, 0.2) is 24.4 Å². The van der Waals surface area contributed by atoms with Gasteiger partial charge in [0.2, 0.25) is 5.91 Å². The first-order valence-corrected chi connectivity index (χ1v) is 5.74. The van der Waals surface area contributed by atoms with Gasteiger partial charge in [0.05, 0.1) is 5.54 Å². The predicted molar refractivity (Wildman–Crippen MR) is 63.1 cm³/mol. The van der Waals surface area contributed by atoms with E-state index in [2.05, 4.69) is 15.6 Å². The molecule has 2 heterocycles. The zero-order valence-electron chi connectivity index (χ0n) is 9.49. The third-order valence-corrected chi connectivity index (χ3v) is 3.19. The van der Waals surface area contributed by atoms with Crippen molar-refractivity contribution < 1.29 is 4.79 Å². The summed E-state index contributed by atoms with van der Waals surface area (Å²) in [5.41, 5.74) is -0.391. The van der Waals surface area contributed by atoms with E-state index in [0.717, 1.165) is 25.8 Å². The Hall–Kier alpha value is -1.42. The minimum atomic E-state index is -0.391. The summed E-state index contributed by atoms with van der Waals surface area (Å²) in [6.07, 6.45) is 4.45. The average Bonchev–Trinajstić information content (AvgIpc) is 2.80. The Kier molecular flexibility index (Phi) is 3.19. The zero-order valence-corrected chi connectivity index (χ0v) is 9.49. The Morgan fingerprint density at radius 1 is 1.62 bits per heavy atom. The molecule has 16 heavy (non-hydrogen) atoms. The van der Waals surface area contributed by atoms with Crippen LogP contribution in [0.2, 0.25) is 0 Å². The van der Waals surface area contributed by atoms with Gasteiger partial charge in [0.1, 0.15) is 5.82 Å². The van der Waals surface area contributed by atoms with E-state index in [1.165, 1.54) is 0 Å². The third kappa shape index (κ3) is 2.07. The molecule has 1 unspecified atom stereocenters. The number of hydrogen-bond acceptors (Lipinski definition) is 3.